The van der Waals surface area contributed by atoms with Gasteiger partial charge < -0.3 is 18.8 Å². The highest BCUT2D eigenvalue weighted by Gasteiger charge is 2.17. The molecule has 0 spiro atoms. The predicted molar refractivity (Wildman–Crippen MR) is 99.1 cm³/mol. The van der Waals surface area contributed by atoms with Gasteiger partial charge in [-0.1, -0.05) is 0 Å². The van der Waals surface area contributed by atoms with Gasteiger partial charge in [-0.2, -0.15) is 0 Å². The van der Waals surface area contributed by atoms with E-state index < -0.39 is 24.4 Å². The second kappa shape index (κ2) is 9.18. The van der Waals surface area contributed by atoms with Crippen molar-refractivity contribution in [1.82, 2.24) is 9.88 Å². The highest BCUT2D eigenvalue weighted by molar-refractivity contribution is 6.04. The summed E-state index contributed by atoms with van der Waals surface area (Å²) in [5, 5.41) is 2.17. The Bertz CT molecular complexity index is 837. The Kier molecular flexibility index (Phi) is 6.44. The summed E-state index contributed by atoms with van der Waals surface area (Å²) in [6, 6.07) is 9.69. The van der Waals surface area contributed by atoms with Crippen LogP contribution in [-0.2, 0) is 21.3 Å². The zero-order chi connectivity index (χ0) is 19.9. The van der Waals surface area contributed by atoms with Crippen LogP contribution in [0.25, 0.3) is 0 Å². The molecule has 1 aromatic heterocycles. The second-order valence-corrected chi connectivity index (χ2v) is 6.43. The molecular weight excluding hydrogens is 364 g/mol. The molecule has 2 heterocycles. The molecule has 0 saturated carbocycles. The third-order valence-corrected chi connectivity index (χ3v) is 4.31. The number of imide groups is 1. The van der Waals surface area contributed by atoms with Crippen molar-refractivity contribution in [2.75, 3.05) is 19.8 Å². The number of nitrogens with zero attached hydrogens (tertiary/aromatic N) is 1. The van der Waals surface area contributed by atoms with Gasteiger partial charge >= 0.3 is 5.97 Å². The predicted octanol–water partition coefficient (Wildman–Crippen LogP) is 1.70. The third-order valence-electron chi connectivity index (χ3n) is 4.31. The molecule has 2 aromatic rings. The van der Waals surface area contributed by atoms with Crippen LogP contribution in [0, 0.1) is 0 Å². The molecule has 1 fully saturated rings. The van der Waals surface area contributed by atoms with Crippen molar-refractivity contribution in [3.63, 3.8) is 0 Å². The van der Waals surface area contributed by atoms with Crippen LogP contribution in [0.2, 0.25) is 0 Å². The topological polar surface area (TPSA) is 95.9 Å². The number of aryl methyl sites for hydroxylation is 1. The second-order valence-electron chi connectivity index (χ2n) is 6.43. The number of nitrogens with one attached hydrogen (secondary N) is 1. The molecule has 1 aliphatic heterocycles. The van der Waals surface area contributed by atoms with Gasteiger partial charge in [-0.15, -0.1) is 0 Å². The van der Waals surface area contributed by atoms with Crippen LogP contribution >= 0.6 is 0 Å². The number of benzene rings is 1. The maximum absolute atomic E-state index is 12.0. The quantitative estimate of drug-likeness (QED) is 0.728. The maximum Gasteiger partial charge on any atom is 0.338 e. The van der Waals surface area contributed by atoms with Gasteiger partial charge in [-0.25, -0.2) is 4.79 Å². The van der Waals surface area contributed by atoms with Crippen LogP contribution in [0.5, 0.6) is 5.75 Å². The Morgan fingerprint density at radius 3 is 2.64 bits per heavy atom. The van der Waals surface area contributed by atoms with Crippen molar-refractivity contribution in [3.05, 3.63) is 53.9 Å². The number of ether oxygens (including phenoxy) is 3. The summed E-state index contributed by atoms with van der Waals surface area (Å²) in [4.78, 5) is 35.8. The molecule has 1 aliphatic rings. The monoisotopic (exact) mass is 386 g/mol. The van der Waals surface area contributed by atoms with E-state index in [1.165, 1.54) is 0 Å². The van der Waals surface area contributed by atoms with Gasteiger partial charge in [0.1, 0.15) is 18.1 Å². The lowest BCUT2D eigenvalue weighted by Crippen LogP contribution is -2.35. The first-order valence-electron chi connectivity index (χ1n) is 9.00. The molecule has 1 atom stereocenters. The largest absolute Gasteiger partial charge is 0.491 e. The van der Waals surface area contributed by atoms with Gasteiger partial charge in [0.25, 0.3) is 11.8 Å². The van der Waals surface area contributed by atoms with Crippen LogP contribution in [-0.4, -0.2) is 48.3 Å². The summed E-state index contributed by atoms with van der Waals surface area (Å²) in [5.74, 6) is -1.29. The fraction of sp³-hybridized carbons (Fsp3) is 0.350. The van der Waals surface area contributed by atoms with Crippen LogP contribution in [0.15, 0.2) is 42.6 Å². The van der Waals surface area contributed by atoms with Crippen molar-refractivity contribution in [2.45, 2.75) is 18.9 Å². The lowest BCUT2D eigenvalue weighted by molar-refractivity contribution is -0.123. The minimum Gasteiger partial charge on any atom is -0.491 e. The van der Waals surface area contributed by atoms with E-state index in [-0.39, 0.29) is 11.7 Å². The molecule has 28 heavy (non-hydrogen) atoms. The Morgan fingerprint density at radius 2 is 2.00 bits per heavy atom. The van der Waals surface area contributed by atoms with Gasteiger partial charge in [0.05, 0.1) is 11.7 Å². The molecular formula is C20H22N2O6. The minimum atomic E-state index is -0.698. The molecule has 0 unspecified atom stereocenters. The summed E-state index contributed by atoms with van der Waals surface area (Å²) in [7, 11) is 1.69. The minimum absolute atomic E-state index is 0.112. The van der Waals surface area contributed by atoms with Crippen molar-refractivity contribution >= 4 is 17.8 Å². The van der Waals surface area contributed by atoms with E-state index in [0.29, 0.717) is 18.1 Å². The van der Waals surface area contributed by atoms with Crippen LogP contribution < -0.4 is 10.1 Å². The van der Waals surface area contributed by atoms with E-state index in [4.69, 9.17) is 14.2 Å². The molecule has 3 rings (SSSR count). The summed E-state index contributed by atoms with van der Waals surface area (Å²) in [6.07, 6.45) is 3.83. The van der Waals surface area contributed by atoms with Gasteiger partial charge in [-0.3, -0.25) is 14.9 Å². The van der Waals surface area contributed by atoms with Crippen LogP contribution in [0.3, 0.4) is 0 Å². The number of carbonyl (C=O) groups is 3. The molecule has 0 radical (unpaired) electrons. The lowest BCUT2D eigenvalue weighted by Gasteiger charge is -2.11. The van der Waals surface area contributed by atoms with Crippen LogP contribution in [0.1, 0.15) is 33.7 Å². The summed E-state index contributed by atoms with van der Waals surface area (Å²) < 4.78 is 17.6. The van der Waals surface area contributed by atoms with E-state index in [9.17, 15) is 14.4 Å². The smallest absolute Gasteiger partial charge is 0.338 e. The molecule has 8 nitrogen and oxygen atoms in total. The van der Waals surface area contributed by atoms with Crippen molar-refractivity contribution < 1.29 is 28.6 Å². The Labute approximate surface area is 162 Å². The highest BCUT2D eigenvalue weighted by Crippen LogP contribution is 2.17. The molecule has 148 valence electrons. The molecule has 2 amide bonds. The highest BCUT2D eigenvalue weighted by atomic mass is 16.5. The first kappa shape index (κ1) is 19.6. The number of rotatable bonds is 7. The number of amides is 2. The van der Waals surface area contributed by atoms with E-state index in [1.54, 1.807) is 54.2 Å². The van der Waals surface area contributed by atoms with Crippen molar-refractivity contribution in [3.8, 4) is 5.75 Å². The number of aromatic nitrogens is 1. The number of carbonyl (C=O) groups excluding carboxylic acids is 3. The molecule has 0 bridgehead atoms. The molecule has 1 N–H and O–H groups in total. The van der Waals surface area contributed by atoms with Gasteiger partial charge in [0, 0.05) is 19.9 Å². The molecule has 0 aliphatic carbocycles. The third kappa shape index (κ3) is 5.20. The van der Waals surface area contributed by atoms with E-state index in [1.807, 2.05) is 0 Å². The average molecular weight is 386 g/mol. The number of esters is 1. The fourth-order valence-corrected chi connectivity index (χ4v) is 2.79. The first-order valence-corrected chi connectivity index (χ1v) is 9.00. The van der Waals surface area contributed by atoms with Crippen molar-refractivity contribution in [1.29, 1.82) is 0 Å². The summed E-state index contributed by atoms with van der Waals surface area (Å²) >= 11 is 0. The number of hydrogen-bond acceptors (Lipinski definition) is 6. The normalized spacial score (nSPS) is 15.8. The van der Waals surface area contributed by atoms with E-state index in [2.05, 4.69) is 5.32 Å². The van der Waals surface area contributed by atoms with Gasteiger partial charge in [-0.05, 0) is 49.2 Å². The SMILES string of the molecule is Cn1cccc1C(=O)NC(=O)COC(=O)c1ccc(OC[C@H]2CCCO2)cc1. The van der Waals surface area contributed by atoms with Gasteiger partial charge in [0.15, 0.2) is 6.61 Å². The maximum atomic E-state index is 12.0. The summed E-state index contributed by atoms with van der Waals surface area (Å²) in [5.41, 5.74) is 0.615. The molecule has 1 saturated heterocycles. The van der Waals surface area contributed by atoms with Gasteiger partial charge in [0.2, 0.25) is 0 Å². The Morgan fingerprint density at radius 1 is 1.21 bits per heavy atom. The van der Waals surface area contributed by atoms with E-state index in [0.717, 1.165) is 19.4 Å². The zero-order valence-electron chi connectivity index (χ0n) is 15.6. The lowest BCUT2D eigenvalue weighted by atomic mass is 10.2. The Balaban J connectivity index is 1.43. The molecule has 8 heteroatoms. The standard InChI is InChI=1S/C20H22N2O6/c1-22-10-2-5-17(22)19(24)21-18(23)13-28-20(25)14-6-8-15(9-7-14)27-12-16-4-3-11-26-16/h2,5-10,16H,3-4,11-13H2,1H3,(H,21,23,24)/t16-/m1/s1. The van der Waals surface area contributed by atoms with Crippen molar-refractivity contribution in [2.24, 2.45) is 7.05 Å². The van der Waals surface area contributed by atoms with E-state index >= 15 is 0 Å². The Hall–Kier alpha value is -3.13. The zero-order valence-corrected chi connectivity index (χ0v) is 15.6. The van der Waals surface area contributed by atoms with Crippen LogP contribution in [0.4, 0.5) is 0 Å². The first-order chi connectivity index (χ1) is 13.5. The molecule has 1 aromatic carbocycles. The average Bonchev–Trinajstić information content (AvgIpc) is 3.36. The number of hydrogen-bond donors (Lipinski definition) is 1. The fourth-order valence-electron chi connectivity index (χ4n) is 2.79. The summed E-state index contributed by atoms with van der Waals surface area (Å²) in [6.45, 7) is 0.689.